The zero-order valence-electron chi connectivity index (χ0n) is 17.2. The van der Waals surface area contributed by atoms with Gasteiger partial charge in [-0.3, -0.25) is 4.79 Å². The molecule has 6 nitrogen and oxygen atoms in total. The number of carbonyl (C=O) groups excluding carboxylic acids is 1. The number of fused-ring (bicyclic) bond motifs is 2. The Morgan fingerprint density at radius 2 is 1.83 bits per heavy atom. The van der Waals surface area contributed by atoms with Gasteiger partial charge in [0.05, 0.1) is 24.2 Å². The van der Waals surface area contributed by atoms with Gasteiger partial charge in [-0.1, -0.05) is 30.3 Å². The molecule has 0 saturated carbocycles. The van der Waals surface area contributed by atoms with Gasteiger partial charge in [0.25, 0.3) is 0 Å². The maximum Gasteiger partial charge on any atom is 0.195 e. The SMILES string of the molecule is COc1cc2c(c(OCc3ccccc3)c1)C(O)=C1C(=O)C=CC(OC)(OC)C1C2. The van der Waals surface area contributed by atoms with E-state index in [1.54, 1.807) is 19.3 Å². The molecular formula is C24H24O6. The van der Waals surface area contributed by atoms with Gasteiger partial charge in [0.1, 0.15) is 23.9 Å². The van der Waals surface area contributed by atoms with Crippen molar-refractivity contribution in [3.8, 4) is 11.5 Å². The summed E-state index contributed by atoms with van der Waals surface area (Å²) in [5.74, 6) is -0.946. The molecule has 0 spiro atoms. The number of rotatable bonds is 6. The molecule has 0 fully saturated rings. The highest BCUT2D eigenvalue weighted by atomic mass is 16.7. The summed E-state index contributed by atoms with van der Waals surface area (Å²) in [6.07, 6.45) is 3.41. The number of allylic oxidation sites excluding steroid dienone is 1. The largest absolute Gasteiger partial charge is 0.507 e. The van der Waals surface area contributed by atoms with Crippen LogP contribution in [0.5, 0.6) is 11.5 Å². The molecule has 2 aliphatic rings. The van der Waals surface area contributed by atoms with Gasteiger partial charge in [-0.25, -0.2) is 0 Å². The summed E-state index contributed by atoms with van der Waals surface area (Å²) in [5, 5.41) is 11.2. The van der Waals surface area contributed by atoms with E-state index in [-0.39, 0.29) is 17.1 Å². The molecule has 0 bridgehead atoms. The van der Waals surface area contributed by atoms with Crippen molar-refractivity contribution in [2.24, 2.45) is 5.92 Å². The standard InChI is InChI=1S/C24H24O6/c1-27-17-11-16-12-18-22(19(25)9-10-24(18,28-2)29-3)23(26)21(16)20(13-17)30-14-15-7-5-4-6-8-15/h4-11,13,18,26H,12,14H2,1-3H3. The Balaban J connectivity index is 1.81. The summed E-state index contributed by atoms with van der Waals surface area (Å²) in [4.78, 5) is 12.7. The second kappa shape index (κ2) is 7.97. The van der Waals surface area contributed by atoms with Crippen LogP contribution in [0.15, 0.2) is 60.2 Å². The fraction of sp³-hybridized carbons (Fsp3) is 0.292. The van der Waals surface area contributed by atoms with E-state index in [0.29, 0.717) is 30.1 Å². The Kier molecular flexibility index (Phi) is 5.37. The monoisotopic (exact) mass is 408 g/mol. The number of carbonyl (C=O) groups is 1. The molecule has 0 amide bonds. The van der Waals surface area contributed by atoms with Crippen LogP contribution in [0.1, 0.15) is 16.7 Å². The highest BCUT2D eigenvalue weighted by Crippen LogP contribution is 2.47. The van der Waals surface area contributed by atoms with Crippen LogP contribution >= 0.6 is 0 Å². The molecule has 0 aromatic heterocycles. The minimum absolute atomic E-state index is 0.111. The second-order valence-corrected chi connectivity index (χ2v) is 7.28. The molecule has 0 aliphatic heterocycles. The Morgan fingerprint density at radius 1 is 1.10 bits per heavy atom. The van der Waals surface area contributed by atoms with Gasteiger partial charge >= 0.3 is 0 Å². The van der Waals surface area contributed by atoms with Crippen molar-refractivity contribution < 1.29 is 28.8 Å². The lowest BCUT2D eigenvalue weighted by Crippen LogP contribution is -2.47. The van der Waals surface area contributed by atoms with Crippen molar-refractivity contribution in [1.29, 1.82) is 0 Å². The maximum absolute atomic E-state index is 12.7. The van der Waals surface area contributed by atoms with Gasteiger partial charge < -0.3 is 24.1 Å². The first kappa shape index (κ1) is 20.2. The van der Waals surface area contributed by atoms with Crippen LogP contribution in [0.2, 0.25) is 0 Å². The number of hydrogen-bond acceptors (Lipinski definition) is 6. The number of methoxy groups -OCH3 is 3. The predicted octanol–water partition coefficient (Wildman–Crippen LogP) is 3.84. The number of benzene rings is 2. The van der Waals surface area contributed by atoms with E-state index in [4.69, 9.17) is 18.9 Å². The minimum Gasteiger partial charge on any atom is -0.507 e. The minimum atomic E-state index is -1.14. The van der Waals surface area contributed by atoms with E-state index in [2.05, 4.69) is 0 Å². The second-order valence-electron chi connectivity index (χ2n) is 7.28. The first-order valence-corrected chi connectivity index (χ1v) is 9.68. The number of aliphatic hydroxyl groups is 1. The van der Waals surface area contributed by atoms with Gasteiger partial charge in [0.15, 0.2) is 11.6 Å². The lowest BCUT2D eigenvalue weighted by molar-refractivity contribution is -0.199. The molecule has 0 saturated heterocycles. The van der Waals surface area contributed by atoms with E-state index >= 15 is 0 Å². The van der Waals surface area contributed by atoms with Gasteiger partial charge in [-0.15, -0.1) is 0 Å². The Bertz CT molecular complexity index is 1020. The van der Waals surface area contributed by atoms with E-state index < -0.39 is 11.7 Å². The number of ketones is 1. The molecule has 1 atom stereocenters. The van der Waals surface area contributed by atoms with Crippen molar-refractivity contribution in [1.82, 2.24) is 0 Å². The molecule has 0 heterocycles. The molecule has 1 unspecified atom stereocenters. The lowest BCUT2D eigenvalue weighted by atomic mass is 9.73. The molecule has 1 N–H and O–H groups in total. The molecule has 2 aliphatic carbocycles. The Labute approximate surface area is 175 Å². The van der Waals surface area contributed by atoms with Gasteiger partial charge in [0, 0.05) is 20.3 Å². The van der Waals surface area contributed by atoms with Crippen LogP contribution in [0, 0.1) is 5.92 Å². The number of ether oxygens (including phenoxy) is 4. The summed E-state index contributed by atoms with van der Waals surface area (Å²) in [6, 6.07) is 13.3. The van der Waals surface area contributed by atoms with Gasteiger partial charge in [-0.05, 0) is 35.8 Å². The lowest BCUT2D eigenvalue weighted by Gasteiger charge is -2.41. The van der Waals surface area contributed by atoms with Crippen molar-refractivity contribution in [3.63, 3.8) is 0 Å². The van der Waals surface area contributed by atoms with Crippen LogP contribution in [0.25, 0.3) is 5.76 Å². The number of aliphatic hydroxyl groups excluding tert-OH is 1. The molecule has 6 heteroatoms. The summed E-state index contributed by atoms with van der Waals surface area (Å²) in [7, 11) is 4.62. The van der Waals surface area contributed by atoms with Crippen molar-refractivity contribution in [3.05, 3.63) is 76.9 Å². The summed E-state index contributed by atoms with van der Waals surface area (Å²) >= 11 is 0. The van der Waals surface area contributed by atoms with Crippen LogP contribution in [-0.4, -0.2) is 38.0 Å². The third kappa shape index (κ3) is 3.28. The molecule has 0 radical (unpaired) electrons. The van der Waals surface area contributed by atoms with E-state index in [1.807, 2.05) is 36.4 Å². The van der Waals surface area contributed by atoms with Crippen LogP contribution in [0.4, 0.5) is 0 Å². The average molecular weight is 408 g/mol. The van der Waals surface area contributed by atoms with Crippen LogP contribution in [-0.2, 0) is 27.3 Å². The fourth-order valence-electron chi connectivity index (χ4n) is 4.20. The smallest absolute Gasteiger partial charge is 0.195 e. The van der Waals surface area contributed by atoms with Gasteiger partial charge in [0.2, 0.25) is 0 Å². The third-order valence-corrected chi connectivity index (χ3v) is 5.75. The fourth-order valence-corrected chi connectivity index (χ4v) is 4.20. The van der Waals surface area contributed by atoms with Crippen LogP contribution < -0.4 is 9.47 Å². The maximum atomic E-state index is 12.7. The number of hydrogen-bond donors (Lipinski definition) is 1. The molecular weight excluding hydrogens is 384 g/mol. The first-order chi connectivity index (χ1) is 14.5. The van der Waals surface area contributed by atoms with Crippen molar-refractivity contribution in [2.45, 2.75) is 18.8 Å². The van der Waals surface area contributed by atoms with E-state index in [0.717, 1.165) is 11.1 Å². The van der Waals surface area contributed by atoms with Gasteiger partial charge in [-0.2, -0.15) is 0 Å². The molecule has 30 heavy (non-hydrogen) atoms. The van der Waals surface area contributed by atoms with Crippen molar-refractivity contribution in [2.75, 3.05) is 21.3 Å². The summed E-state index contributed by atoms with van der Waals surface area (Å²) in [5.41, 5.74) is 2.56. The Hall–Kier alpha value is -3.09. The molecule has 4 rings (SSSR count). The zero-order valence-corrected chi connectivity index (χ0v) is 17.2. The third-order valence-electron chi connectivity index (χ3n) is 5.75. The van der Waals surface area contributed by atoms with Crippen LogP contribution in [0.3, 0.4) is 0 Å². The average Bonchev–Trinajstić information content (AvgIpc) is 2.78. The predicted molar refractivity (Wildman–Crippen MR) is 111 cm³/mol. The Morgan fingerprint density at radius 3 is 2.50 bits per heavy atom. The molecule has 156 valence electrons. The highest BCUT2D eigenvalue weighted by Gasteiger charge is 2.48. The van der Waals surface area contributed by atoms with E-state index in [9.17, 15) is 9.90 Å². The first-order valence-electron chi connectivity index (χ1n) is 9.68. The quantitative estimate of drug-likeness (QED) is 0.732. The molecule has 2 aromatic carbocycles. The topological polar surface area (TPSA) is 74.2 Å². The molecule has 2 aromatic rings. The zero-order chi connectivity index (χ0) is 21.3. The normalized spacial score (nSPS) is 19.3. The van der Waals surface area contributed by atoms with E-state index in [1.165, 1.54) is 20.3 Å². The highest BCUT2D eigenvalue weighted by molar-refractivity contribution is 6.11. The summed E-state index contributed by atoms with van der Waals surface area (Å²) < 4.78 is 22.8. The van der Waals surface area contributed by atoms with Crippen molar-refractivity contribution >= 4 is 11.5 Å². The summed E-state index contributed by atoms with van der Waals surface area (Å²) in [6.45, 7) is 0.320.